The Hall–Kier alpha value is -2.44. The SMILES string of the molecule is O=C1c2cccn2C2CN(Cc3cccs3)CC2N1Cc1ccc(F)cc1. The molecular formula is C21H20FN3OS. The smallest absolute Gasteiger partial charge is 0.271 e. The summed E-state index contributed by atoms with van der Waals surface area (Å²) in [5.74, 6) is -0.193. The predicted molar refractivity (Wildman–Crippen MR) is 103 cm³/mol. The number of hydrogen-bond donors (Lipinski definition) is 0. The summed E-state index contributed by atoms with van der Waals surface area (Å²) >= 11 is 1.77. The van der Waals surface area contributed by atoms with E-state index in [0.29, 0.717) is 6.54 Å². The first-order valence-corrected chi connectivity index (χ1v) is 10.0. The highest BCUT2D eigenvalue weighted by atomic mass is 32.1. The minimum Gasteiger partial charge on any atom is -0.337 e. The van der Waals surface area contributed by atoms with Gasteiger partial charge in [-0.1, -0.05) is 18.2 Å². The van der Waals surface area contributed by atoms with E-state index < -0.39 is 0 Å². The number of carbonyl (C=O) groups excluding carboxylic acids is 1. The van der Waals surface area contributed by atoms with Gasteiger partial charge in [0.05, 0.1) is 12.1 Å². The van der Waals surface area contributed by atoms with E-state index in [2.05, 4.69) is 27.0 Å². The molecule has 2 unspecified atom stereocenters. The zero-order chi connectivity index (χ0) is 18.4. The standard InChI is InChI=1S/C21H20FN3OS/c22-16-7-5-15(6-8-16)11-25-20-14-23(12-17-3-2-10-27-17)13-19(20)24-9-1-4-18(24)21(25)26/h1-10,19-20H,11-14H2. The Kier molecular flexibility index (Phi) is 4.10. The van der Waals surface area contributed by atoms with Crippen molar-refractivity contribution in [3.8, 4) is 0 Å². The molecule has 4 nitrogen and oxygen atoms in total. The molecule has 0 radical (unpaired) electrons. The molecule has 4 heterocycles. The van der Waals surface area contributed by atoms with E-state index >= 15 is 0 Å². The van der Waals surface area contributed by atoms with Crippen molar-refractivity contribution in [2.24, 2.45) is 0 Å². The van der Waals surface area contributed by atoms with Crippen LogP contribution in [0.2, 0.25) is 0 Å². The van der Waals surface area contributed by atoms with Gasteiger partial charge in [-0.3, -0.25) is 9.69 Å². The Morgan fingerprint density at radius 1 is 1.00 bits per heavy atom. The van der Waals surface area contributed by atoms with Crippen molar-refractivity contribution in [3.63, 3.8) is 0 Å². The van der Waals surface area contributed by atoms with E-state index in [1.165, 1.54) is 17.0 Å². The van der Waals surface area contributed by atoms with Gasteiger partial charge in [0.15, 0.2) is 0 Å². The Balaban J connectivity index is 1.44. The number of halogens is 1. The molecule has 5 rings (SSSR count). The number of thiophene rings is 1. The molecule has 2 aliphatic heterocycles. The number of fused-ring (bicyclic) bond motifs is 3. The second-order valence-corrected chi connectivity index (χ2v) is 8.30. The Bertz CT molecular complexity index is 950. The van der Waals surface area contributed by atoms with Crippen LogP contribution in [0.1, 0.15) is 27.0 Å². The van der Waals surface area contributed by atoms with Gasteiger partial charge in [-0.2, -0.15) is 0 Å². The Morgan fingerprint density at radius 3 is 2.59 bits per heavy atom. The number of hydrogen-bond acceptors (Lipinski definition) is 3. The fourth-order valence-corrected chi connectivity index (χ4v) is 5.06. The second kappa shape index (κ2) is 6.62. The summed E-state index contributed by atoms with van der Waals surface area (Å²) in [6.45, 7) is 3.21. The van der Waals surface area contributed by atoms with Crippen LogP contribution in [0.25, 0.3) is 0 Å². The molecule has 1 aromatic carbocycles. The topological polar surface area (TPSA) is 28.5 Å². The maximum atomic E-state index is 13.3. The van der Waals surface area contributed by atoms with Crippen LogP contribution in [-0.4, -0.2) is 39.4 Å². The molecule has 2 atom stereocenters. The molecule has 0 saturated carbocycles. The van der Waals surface area contributed by atoms with Gasteiger partial charge >= 0.3 is 0 Å². The maximum Gasteiger partial charge on any atom is 0.271 e. The zero-order valence-electron chi connectivity index (χ0n) is 14.8. The number of aromatic nitrogens is 1. The predicted octanol–water partition coefficient (Wildman–Crippen LogP) is 3.77. The normalized spacial score (nSPS) is 22.1. The quantitative estimate of drug-likeness (QED) is 0.688. The van der Waals surface area contributed by atoms with Crippen LogP contribution in [0.4, 0.5) is 4.39 Å². The fourth-order valence-electron chi connectivity index (χ4n) is 4.32. The Morgan fingerprint density at radius 2 is 1.81 bits per heavy atom. The molecule has 1 fully saturated rings. The molecule has 27 heavy (non-hydrogen) atoms. The third kappa shape index (κ3) is 2.99. The Labute approximate surface area is 161 Å². The first kappa shape index (κ1) is 16.7. The van der Waals surface area contributed by atoms with E-state index in [4.69, 9.17) is 0 Å². The van der Waals surface area contributed by atoms with Gasteiger partial charge in [-0.25, -0.2) is 4.39 Å². The molecule has 138 valence electrons. The van der Waals surface area contributed by atoms with Crippen LogP contribution >= 0.6 is 11.3 Å². The summed E-state index contributed by atoms with van der Waals surface area (Å²) in [6, 6.07) is 14.9. The van der Waals surface area contributed by atoms with Crippen LogP contribution in [0.15, 0.2) is 60.1 Å². The lowest BCUT2D eigenvalue weighted by Crippen LogP contribution is -2.49. The fraction of sp³-hybridized carbons (Fsp3) is 0.286. The molecule has 0 aliphatic carbocycles. The number of nitrogens with zero attached hydrogens (tertiary/aromatic N) is 3. The van der Waals surface area contributed by atoms with Crippen LogP contribution in [0.5, 0.6) is 0 Å². The van der Waals surface area contributed by atoms with Gasteiger partial charge in [0.1, 0.15) is 11.5 Å². The van der Waals surface area contributed by atoms with E-state index in [9.17, 15) is 9.18 Å². The lowest BCUT2D eigenvalue weighted by molar-refractivity contribution is 0.0556. The van der Waals surface area contributed by atoms with Crippen molar-refractivity contribution in [2.45, 2.75) is 25.2 Å². The van der Waals surface area contributed by atoms with Gasteiger partial charge in [0, 0.05) is 37.3 Å². The third-order valence-corrected chi connectivity index (χ3v) is 6.44. The minimum absolute atomic E-state index is 0.0588. The van der Waals surface area contributed by atoms with Crippen LogP contribution in [0, 0.1) is 5.82 Å². The number of amides is 1. The number of benzene rings is 1. The number of likely N-dealkylation sites (tertiary alicyclic amines) is 1. The van der Waals surface area contributed by atoms with Crippen LogP contribution < -0.4 is 0 Å². The van der Waals surface area contributed by atoms with Gasteiger partial charge in [-0.15, -0.1) is 11.3 Å². The molecule has 2 aromatic heterocycles. The molecule has 2 aliphatic rings. The maximum absolute atomic E-state index is 13.3. The first-order chi connectivity index (χ1) is 13.2. The van der Waals surface area contributed by atoms with Crippen LogP contribution in [0.3, 0.4) is 0 Å². The summed E-state index contributed by atoms with van der Waals surface area (Å²) in [7, 11) is 0. The van der Waals surface area contributed by atoms with E-state index in [1.807, 2.05) is 23.2 Å². The van der Waals surface area contributed by atoms with Gasteiger partial charge < -0.3 is 9.47 Å². The monoisotopic (exact) mass is 381 g/mol. The average Bonchev–Trinajstić information content (AvgIpc) is 3.40. The molecular weight excluding hydrogens is 361 g/mol. The molecule has 1 amide bonds. The summed E-state index contributed by atoms with van der Waals surface area (Å²) in [5, 5.41) is 2.10. The molecule has 0 bridgehead atoms. The number of rotatable bonds is 4. The van der Waals surface area contributed by atoms with E-state index in [0.717, 1.165) is 30.9 Å². The van der Waals surface area contributed by atoms with E-state index in [1.54, 1.807) is 23.5 Å². The summed E-state index contributed by atoms with van der Waals surface area (Å²) in [6.07, 6.45) is 2.02. The molecule has 3 aromatic rings. The van der Waals surface area contributed by atoms with Crippen molar-refractivity contribution in [1.82, 2.24) is 14.4 Å². The van der Waals surface area contributed by atoms with Crippen molar-refractivity contribution in [3.05, 3.63) is 82.1 Å². The molecule has 0 N–H and O–H groups in total. The highest BCUT2D eigenvalue weighted by molar-refractivity contribution is 7.09. The summed E-state index contributed by atoms with van der Waals surface area (Å²) in [4.78, 5) is 18.9. The van der Waals surface area contributed by atoms with E-state index in [-0.39, 0.29) is 23.8 Å². The zero-order valence-corrected chi connectivity index (χ0v) is 15.6. The molecule has 6 heteroatoms. The lowest BCUT2D eigenvalue weighted by Gasteiger charge is -2.38. The third-order valence-electron chi connectivity index (χ3n) is 5.58. The lowest BCUT2D eigenvalue weighted by atomic mass is 10.0. The average molecular weight is 381 g/mol. The highest BCUT2D eigenvalue weighted by Gasteiger charge is 2.44. The second-order valence-electron chi connectivity index (χ2n) is 7.27. The molecule has 1 saturated heterocycles. The number of carbonyl (C=O) groups is 1. The van der Waals surface area contributed by atoms with Gasteiger partial charge in [-0.05, 0) is 41.3 Å². The van der Waals surface area contributed by atoms with Gasteiger partial charge in [0.25, 0.3) is 5.91 Å². The summed E-state index contributed by atoms with van der Waals surface area (Å²) < 4.78 is 15.4. The van der Waals surface area contributed by atoms with Crippen molar-refractivity contribution >= 4 is 17.2 Å². The molecule has 0 spiro atoms. The highest BCUT2D eigenvalue weighted by Crippen LogP contribution is 2.35. The van der Waals surface area contributed by atoms with Crippen LogP contribution in [-0.2, 0) is 13.1 Å². The minimum atomic E-state index is -0.251. The van der Waals surface area contributed by atoms with Crippen molar-refractivity contribution in [1.29, 1.82) is 0 Å². The van der Waals surface area contributed by atoms with Gasteiger partial charge in [0.2, 0.25) is 0 Å². The summed E-state index contributed by atoms with van der Waals surface area (Å²) in [5.41, 5.74) is 1.71. The van der Waals surface area contributed by atoms with Crippen molar-refractivity contribution in [2.75, 3.05) is 13.1 Å². The largest absolute Gasteiger partial charge is 0.337 e. The first-order valence-electron chi connectivity index (χ1n) is 9.16. The van der Waals surface area contributed by atoms with Crippen molar-refractivity contribution < 1.29 is 9.18 Å².